The molecule has 3 amide bonds. The van der Waals surface area contributed by atoms with Gasteiger partial charge in [-0.05, 0) is 72.4 Å². The van der Waals surface area contributed by atoms with Gasteiger partial charge in [0.2, 0.25) is 5.91 Å². The first kappa shape index (κ1) is 22.6. The molecule has 3 aromatic rings. The molecule has 166 valence electrons. The van der Waals surface area contributed by atoms with Crippen molar-refractivity contribution in [2.45, 2.75) is 0 Å². The molecule has 2 aromatic carbocycles. The number of carbonyl (C=O) groups is 4. The fraction of sp³-hybridized carbons (Fsp3) is 0.0435. The van der Waals surface area contributed by atoms with Gasteiger partial charge in [0.05, 0.1) is 10.5 Å². The first-order chi connectivity index (χ1) is 15.8. The molecule has 1 aromatic heterocycles. The lowest BCUT2D eigenvalue weighted by atomic mass is 10.2. The zero-order chi connectivity index (χ0) is 23.5. The van der Waals surface area contributed by atoms with Gasteiger partial charge in [-0.15, -0.1) is 0 Å². The van der Waals surface area contributed by atoms with Gasteiger partial charge in [-0.2, -0.15) is 0 Å². The number of rotatable bonds is 6. The number of anilines is 1. The number of benzene rings is 2. The summed E-state index contributed by atoms with van der Waals surface area (Å²) in [7, 11) is 0. The lowest BCUT2D eigenvalue weighted by Crippen LogP contribution is -2.36. The number of carboxylic acids is 1. The van der Waals surface area contributed by atoms with Crippen LogP contribution in [0.25, 0.3) is 11.8 Å². The predicted octanol–water partition coefficient (Wildman–Crippen LogP) is 4.61. The smallest absolute Gasteiger partial charge is 0.335 e. The molecule has 0 radical (unpaired) electrons. The quantitative estimate of drug-likeness (QED) is 0.454. The molecule has 0 spiro atoms. The molecule has 0 saturated carbocycles. The summed E-state index contributed by atoms with van der Waals surface area (Å²) >= 11 is 4.06. The van der Waals surface area contributed by atoms with Gasteiger partial charge in [0, 0.05) is 27.7 Å². The van der Waals surface area contributed by atoms with Crippen molar-refractivity contribution in [3.63, 3.8) is 0 Å². The molecule has 1 saturated heterocycles. The Labute approximate surface area is 201 Å². The summed E-state index contributed by atoms with van der Waals surface area (Å²) in [6.45, 7) is -0.403. The molecule has 2 N–H and O–H groups in total. The maximum absolute atomic E-state index is 12.8. The van der Waals surface area contributed by atoms with Crippen molar-refractivity contribution in [1.82, 2.24) is 9.47 Å². The third-order valence-electron chi connectivity index (χ3n) is 4.73. The van der Waals surface area contributed by atoms with Gasteiger partial charge in [0.15, 0.2) is 0 Å². The minimum Gasteiger partial charge on any atom is -0.478 e. The van der Waals surface area contributed by atoms with E-state index in [1.807, 2.05) is 0 Å². The van der Waals surface area contributed by atoms with Crippen LogP contribution in [0.5, 0.6) is 0 Å². The first-order valence-electron chi connectivity index (χ1n) is 9.64. The van der Waals surface area contributed by atoms with Gasteiger partial charge in [-0.3, -0.25) is 19.3 Å². The highest BCUT2D eigenvalue weighted by Crippen LogP contribution is 2.32. The van der Waals surface area contributed by atoms with Crippen molar-refractivity contribution in [2.24, 2.45) is 0 Å². The second kappa shape index (κ2) is 9.47. The SMILES string of the molecule is O=C(CN1C(=O)S/C(=C/c2cccn2-c2cccc(C(=O)O)c2)C1=O)Nc1ccc(Br)cc1. The van der Waals surface area contributed by atoms with E-state index in [1.54, 1.807) is 65.4 Å². The molecule has 2 heterocycles. The van der Waals surface area contributed by atoms with Crippen LogP contribution in [0.3, 0.4) is 0 Å². The third-order valence-corrected chi connectivity index (χ3v) is 6.17. The Hall–Kier alpha value is -3.63. The summed E-state index contributed by atoms with van der Waals surface area (Å²) in [5.74, 6) is -2.11. The van der Waals surface area contributed by atoms with Gasteiger partial charge in [0.25, 0.3) is 11.1 Å². The van der Waals surface area contributed by atoms with E-state index in [4.69, 9.17) is 0 Å². The summed E-state index contributed by atoms with van der Waals surface area (Å²) in [5.41, 5.74) is 1.86. The van der Waals surface area contributed by atoms with Crippen LogP contribution < -0.4 is 5.32 Å². The molecule has 0 aliphatic carbocycles. The Morgan fingerprint density at radius 2 is 1.82 bits per heavy atom. The van der Waals surface area contributed by atoms with E-state index in [9.17, 15) is 24.3 Å². The average Bonchev–Trinajstić information content (AvgIpc) is 3.35. The Balaban J connectivity index is 1.51. The zero-order valence-corrected chi connectivity index (χ0v) is 19.3. The Morgan fingerprint density at radius 3 is 2.55 bits per heavy atom. The van der Waals surface area contributed by atoms with Gasteiger partial charge >= 0.3 is 5.97 Å². The fourth-order valence-electron chi connectivity index (χ4n) is 3.18. The average molecular weight is 526 g/mol. The number of aromatic nitrogens is 1. The Bertz CT molecular complexity index is 1300. The van der Waals surface area contributed by atoms with E-state index in [0.29, 0.717) is 17.1 Å². The first-order valence-corrected chi connectivity index (χ1v) is 11.2. The summed E-state index contributed by atoms with van der Waals surface area (Å²) in [4.78, 5) is 49.9. The minimum absolute atomic E-state index is 0.129. The maximum Gasteiger partial charge on any atom is 0.335 e. The number of hydrogen-bond acceptors (Lipinski definition) is 5. The standard InChI is InChI=1S/C23H16BrN3O5S/c24-15-6-8-16(9-7-15)25-20(28)13-27-21(29)19(33-23(27)32)12-18-5-2-10-26(18)17-4-1-3-14(11-17)22(30)31/h1-12H,13H2,(H,25,28)(H,30,31)/b19-12+. The predicted molar refractivity (Wildman–Crippen MR) is 128 cm³/mol. The van der Waals surface area contributed by atoms with E-state index < -0.39 is 29.6 Å². The van der Waals surface area contributed by atoms with Gasteiger partial charge in [-0.1, -0.05) is 22.0 Å². The molecule has 4 rings (SSSR count). The molecule has 33 heavy (non-hydrogen) atoms. The van der Waals surface area contributed by atoms with Crippen LogP contribution in [0.15, 0.2) is 76.2 Å². The zero-order valence-electron chi connectivity index (χ0n) is 16.9. The van der Waals surface area contributed by atoms with Crippen molar-refractivity contribution in [2.75, 3.05) is 11.9 Å². The molecule has 0 unspecified atom stereocenters. The van der Waals surface area contributed by atoms with Crippen molar-refractivity contribution in [1.29, 1.82) is 0 Å². The number of amides is 3. The van der Waals surface area contributed by atoms with E-state index >= 15 is 0 Å². The van der Waals surface area contributed by atoms with Gasteiger partial charge < -0.3 is 15.0 Å². The van der Waals surface area contributed by atoms with E-state index in [1.165, 1.54) is 12.1 Å². The van der Waals surface area contributed by atoms with Crippen LogP contribution >= 0.6 is 27.7 Å². The second-order valence-corrected chi connectivity index (χ2v) is 8.89. The number of nitrogens with zero attached hydrogens (tertiary/aromatic N) is 2. The molecule has 1 fully saturated rings. The van der Waals surface area contributed by atoms with Crippen molar-refractivity contribution in [3.05, 3.63) is 87.5 Å². The van der Waals surface area contributed by atoms with Crippen molar-refractivity contribution in [3.8, 4) is 5.69 Å². The van der Waals surface area contributed by atoms with Crippen LogP contribution in [-0.4, -0.2) is 44.1 Å². The molecule has 8 nitrogen and oxygen atoms in total. The lowest BCUT2D eigenvalue weighted by Gasteiger charge is -2.12. The molecule has 0 atom stereocenters. The summed E-state index contributed by atoms with van der Waals surface area (Å²) < 4.78 is 2.57. The Morgan fingerprint density at radius 1 is 1.06 bits per heavy atom. The number of imide groups is 1. The second-order valence-electron chi connectivity index (χ2n) is 6.98. The van der Waals surface area contributed by atoms with Crippen LogP contribution in [0, 0.1) is 0 Å². The summed E-state index contributed by atoms with van der Waals surface area (Å²) in [6.07, 6.45) is 3.27. The maximum atomic E-state index is 12.8. The molecular formula is C23H16BrN3O5S. The molecule has 1 aliphatic rings. The van der Waals surface area contributed by atoms with Crippen LogP contribution in [0.2, 0.25) is 0 Å². The summed E-state index contributed by atoms with van der Waals surface area (Å²) in [6, 6.07) is 16.8. The molecule has 10 heteroatoms. The lowest BCUT2D eigenvalue weighted by molar-refractivity contribution is -0.127. The van der Waals surface area contributed by atoms with E-state index in [-0.39, 0.29) is 10.5 Å². The number of aromatic carboxylic acids is 1. The van der Waals surface area contributed by atoms with Crippen molar-refractivity contribution >= 4 is 62.5 Å². The van der Waals surface area contributed by atoms with Gasteiger partial charge in [0.1, 0.15) is 6.54 Å². The Kier molecular flexibility index (Phi) is 6.47. The van der Waals surface area contributed by atoms with Crippen molar-refractivity contribution < 1.29 is 24.3 Å². The molecule has 1 aliphatic heterocycles. The number of thioether (sulfide) groups is 1. The minimum atomic E-state index is -1.05. The van der Waals surface area contributed by atoms with Crippen LogP contribution in [0.4, 0.5) is 10.5 Å². The van der Waals surface area contributed by atoms with Gasteiger partial charge in [-0.25, -0.2) is 4.79 Å². The monoisotopic (exact) mass is 525 g/mol. The fourth-order valence-corrected chi connectivity index (χ4v) is 4.27. The third kappa shape index (κ3) is 5.07. The normalized spacial score (nSPS) is 14.7. The number of hydrogen-bond donors (Lipinski definition) is 2. The van der Waals surface area contributed by atoms with Crippen LogP contribution in [0.1, 0.15) is 16.1 Å². The van der Waals surface area contributed by atoms with E-state index in [2.05, 4.69) is 21.2 Å². The van der Waals surface area contributed by atoms with E-state index in [0.717, 1.165) is 21.1 Å². The number of carboxylic acid groups (broad SMARTS) is 1. The highest BCUT2D eigenvalue weighted by atomic mass is 79.9. The van der Waals surface area contributed by atoms with Crippen LogP contribution in [-0.2, 0) is 9.59 Å². The summed E-state index contributed by atoms with van der Waals surface area (Å²) in [5, 5.41) is 11.3. The molecule has 0 bridgehead atoms. The largest absolute Gasteiger partial charge is 0.478 e. The number of nitrogens with one attached hydrogen (secondary N) is 1. The molecular weight excluding hydrogens is 510 g/mol. The highest BCUT2D eigenvalue weighted by Gasteiger charge is 2.36. The number of halogens is 1. The number of carbonyl (C=O) groups excluding carboxylic acids is 3. The topological polar surface area (TPSA) is 109 Å². The highest BCUT2D eigenvalue weighted by molar-refractivity contribution is 9.10.